The molecule has 3 nitrogen and oxygen atoms in total. The third kappa shape index (κ3) is 4.08. The van der Waals surface area contributed by atoms with Crippen LogP contribution in [0.4, 0.5) is 11.5 Å². The van der Waals surface area contributed by atoms with E-state index in [1.54, 1.807) is 23.5 Å². The lowest BCUT2D eigenvalue weighted by atomic mass is 10.1. The van der Waals surface area contributed by atoms with Gasteiger partial charge >= 0.3 is 0 Å². The molecule has 0 saturated carbocycles. The lowest BCUT2D eigenvalue weighted by Crippen LogP contribution is -2.02. The summed E-state index contributed by atoms with van der Waals surface area (Å²) in [5.41, 5.74) is 1.91. The van der Waals surface area contributed by atoms with Crippen LogP contribution < -0.4 is 5.32 Å². The number of rotatable bonds is 5. The molecule has 0 bridgehead atoms. The summed E-state index contributed by atoms with van der Waals surface area (Å²) in [6.07, 6.45) is 1.64. The molecule has 0 atom stereocenters. The lowest BCUT2D eigenvalue weighted by molar-refractivity contribution is 1.000. The van der Waals surface area contributed by atoms with E-state index in [4.69, 9.17) is 33.2 Å². The smallest absolute Gasteiger partial charge is 0.142 e. The Morgan fingerprint density at radius 2 is 1.81 bits per heavy atom. The van der Waals surface area contributed by atoms with Gasteiger partial charge in [-0.1, -0.05) is 60.5 Å². The number of thiophene rings is 1. The number of aryl methyl sites for hydroxylation is 1. The largest absolute Gasteiger partial charge is 0.338 e. The van der Waals surface area contributed by atoms with Crippen molar-refractivity contribution in [3.8, 4) is 0 Å². The van der Waals surface area contributed by atoms with Gasteiger partial charge in [-0.05, 0) is 36.2 Å². The Morgan fingerprint density at radius 3 is 2.59 bits per heavy atom. The Bertz CT molecular complexity index is 1090. The van der Waals surface area contributed by atoms with E-state index in [0.717, 1.165) is 34.0 Å². The topological polar surface area (TPSA) is 37.8 Å². The number of nitrogens with one attached hydrogen (secondary N) is 1. The van der Waals surface area contributed by atoms with Gasteiger partial charge in [0.1, 0.15) is 16.5 Å². The van der Waals surface area contributed by atoms with E-state index < -0.39 is 0 Å². The van der Waals surface area contributed by atoms with Gasteiger partial charge in [-0.15, -0.1) is 11.3 Å². The molecule has 0 radical (unpaired) electrons. The summed E-state index contributed by atoms with van der Waals surface area (Å²) in [6.45, 7) is 2.14. The molecule has 0 aliphatic carbocycles. The summed E-state index contributed by atoms with van der Waals surface area (Å²) in [5, 5.41) is 5.58. The highest BCUT2D eigenvalue weighted by Crippen LogP contribution is 2.34. The number of hydrogen-bond acceptors (Lipinski definition) is 4. The fourth-order valence-corrected chi connectivity index (χ4v) is 4.19. The molecule has 6 heteroatoms. The number of benzene rings is 2. The Balaban J connectivity index is 1.79. The number of anilines is 2. The summed E-state index contributed by atoms with van der Waals surface area (Å²) >= 11 is 14.2. The van der Waals surface area contributed by atoms with Crippen molar-refractivity contribution in [3.05, 3.63) is 80.9 Å². The molecule has 1 N–H and O–H groups in total. The summed E-state index contributed by atoms with van der Waals surface area (Å²) in [6, 6.07) is 17.7. The minimum atomic E-state index is 0.599. The molecule has 0 amide bonds. The fraction of sp³-hybridized carbons (Fsp3) is 0.143. The van der Waals surface area contributed by atoms with Crippen LogP contribution in [-0.4, -0.2) is 9.97 Å². The molecule has 0 aliphatic heterocycles. The minimum Gasteiger partial charge on any atom is -0.338 e. The molecule has 4 aromatic rings. The van der Waals surface area contributed by atoms with Gasteiger partial charge in [0, 0.05) is 16.3 Å². The quantitative estimate of drug-likeness (QED) is 0.386. The van der Waals surface area contributed by atoms with Gasteiger partial charge in [0.15, 0.2) is 0 Å². The van der Waals surface area contributed by atoms with Gasteiger partial charge in [-0.25, -0.2) is 9.97 Å². The zero-order valence-electron chi connectivity index (χ0n) is 14.7. The first-order valence-corrected chi connectivity index (χ1v) is 10.2. The highest BCUT2D eigenvalue weighted by atomic mass is 35.5. The maximum atomic E-state index is 6.34. The van der Waals surface area contributed by atoms with Gasteiger partial charge in [0.2, 0.25) is 0 Å². The number of halogens is 2. The summed E-state index contributed by atoms with van der Waals surface area (Å²) in [4.78, 5) is 11.8. The first-order chi connectivity index (χ1) is 13.1. The molecule has 2 aromatic carbocycles. The predicted octanol–water partition coefficient (Wildman–Crippen LogP) is 6.89. The Morgan fingerprint density at radius 1 is 1.00 bits per heavy atom. The van der Waals surface area contributed by atoms with Crippen molar-refractivity contribution < 1.29 is 0 Å². The monoisotopic (exact) mass is 413 g/mol. The second-order valence-electron chi connectivity index (χ2n) is 6.19. The van der Waals surface area contributed by atoms with Gasteiger partial charge in [-0.3, -0.25) is 0 Å². The van der Waals surface area contributed by atoms with Crippen LogP contribution in [0.25, 0.3) is 10.2 Å². The molecule has 0 fully saturated rings. The van der Waals surface area contributed by atoms with Crippen molar-refractivity contribution in [1.29, 1.82) is 0 Å². The van der Waals surface area contributed by atoms with E-state index in [-0.39, 0.29) is 0 Å². The molecule has 136 valence electrons. The van der Waals surface area contributed by atoms with E-state index in [2.05, 4.69) is 30.4 Å². The Labute approximate surface area is 172 Å². The molecule has 0 spiro atoms. The third-order valence-corrected chi connectivity index (χ3v) is 5.96. The van der Waals surface area contributed by atoms with Crippen molar-refractivity contribution in [2.45, 2.75) is 19.8 Å². The van der Waals surface area contributed by atoms with Crippen molar-refractivity contribution >= 4 is 56.3 Å². The zero-order valence-corrected chi connectivity index (χ0v) is 17.0. The Hall–Kier alpha value is -2.14. The van der Waals surface area contributed by atoms with Crippen molar-refractivity contribution in [3.63, 3.8) is 0 Å². The molecule has 2 heterocycles. The number of hydrogen-bond donors (Lipinski definition) is 1. The van der Waals surface area contributed by atoms with E-state index in [1.807, 2.05) is 24.3 Å². The van der Waals surface area contributed by atoms with E-state index >= 15 is 0 Å². The maximum Gasteiger partial charge on any atom is 0.142 e. The van der Waals surface area contributed by atoms with Crippen LogP contribution in [0.1, 0.15) is 23.2 Å². The van der Waals surface area contributed by atoms with Crippen LogP contribution in [0, 0.1) is 0 Å². The van der Waals surface area contributed by atoms with E-state index in [0.29, 0.717) is 16.5 Å². The molecule has 0 saturated heterocycles. The predicted molar refractivity (Wildman–Crippen MR) is 116 cm³/mol. The van der Waals surface area contributed by atoms with Crippen LogP contribution >= 0.6 is 34.5 Å². The molecular weight excluding hydrogens is 397 g/mol. The fourth-order valence-electron chi connectivity index (χ4n) is 2.86. The second kappa shape index (κ2) is 7.85. The van der Waals surface area contributed by atoms with Crippen molar-refractivity contribution in [1.82, 2.24) is 9.97 Å². The number of aromatic nitrogens is 2. The lowest BCUT2D eigenvalue weighted by Gasteiger charge is -2.11. The van der Waals surface area contributed by atoms with Crippen molar-refractivity contribution in [2.24, 2.45) is 0 Å². The highest BCUT2D eigenvalue weighted by molar-refractivity contribution is 7.18. The third-order valence-electron chi connectivity index (χ3n) is 4.23. The van der Waals surface area contributed by atoms with Gasteiger partial charge in [0.05, 0.1) is 16.1 Å². The van der Waals surface area contributed by atoms with Crippen LogP contribution in [0.2, 0.25) is 10.0 Å². The van der Waals surface area contributed by atoms with E-state index in [9.17, 15) is 0 Å². The Kier molecular flexibility index (Phi) is 5.30. The minimum absolute atomic E-state index is 0.599. The first-order valence-electron chi connectivity index (χ1n) is 8.67. The van der Waals surface area contributed by atoms with Crippen LogP contribution in [0.5, 0.6) is 0 Å². The molecule has 0 aliphatic rings. The van der Waals surface area contributed by atoms with Gasteiger partial charge in [-0.2, -0.15) is 0 Å². The molecule has 0 unspecified atom stereocenters. The molecule has 27 heavy (non-hydrogen) atoms. The highest BCUT2D eigenvalue weighted by Gasteiger charge is 2.13. The SMILES string of the molecule is CCc1cc2c(Nc3cc(Cl)ccc3Cl)nc(Cc3ccccc3)nc2s1. The molecule has 2 aromatic heterocycles. The van der Waals surface area contributed by atoms with Crippen LogP contribution in [0.15, 0.2) is 54.6 Å². The normalized spacial score (nSPS) is 11.1. The summed E-state index contributed by atoms with van der Waals surface area (Å²) in [5.74, 6) is 1.53. The van der Waals surface area contributed by atoms with E-state index in [1.165, 1.54) is 10.4 Å². The maximum absolute atomic E-state index is 6.34. The summed E-state index contributed by atoms with van der Waals surface area (Å²) < 4.78 is 0. The number of nitrogens with zero attached hydrogens (tertiary/aromatic N) is 2. The average Bonchev–Trinajstić information content (AvgIpc) is 3.09. The summed E-state index contributed by atoms with van der Waals surface area (Å²) in [7, 11) is 0. The standard InChI is InChI=1S/C21H17Cl2N3S/c1-2-15-12-16-20(24-18-11-14(22)8-9-17(18)23)25-19(26-21(16)27-15)10-13-6-4-3-5-7-13/h3-9,11-12H,2,10H2,1H3,(H,24,25,26). The zero-order chi connectivity index (χ0) is 18.8. The average molecular weight is 414 g/mol. The first kappa shape index (κ1) is 18.2. The molecule has 4 rings (SSSR count). The van der Waals surface area contributed by atoms with Crippen LogP contribution in [-0.2, 0) is 12.8 Å². The number of fused-ring (bicyclic) bond motifs is 1. The van der Waals surface area contributed by atoms with Crippen molar-refractivity contribution in [2.75, 3.05) is 5.32 Å². The van der Waals surface area contributed by atoms with Gasteiger partial charge in [0.25, 0.3) is 0 Å². The van der Waals surface area contributed by atoms with Crippen LogP contribution in [0.3, 0.4) is 0 Å². The molecular formula is C21H17Cl2N3S. The second-order valence-corrected chi connectivity index (χ2v) is 8.14. The van der Waals surface area contributed by atoms with Gasteiger partial charge < -0.3 is 5.32 Å².